The second-order valence-corrected chi connectivity index (χ2v) is 13.9. The molecule has 5 rings (SSSR count). The second kappa shape index (κ2) is 18.5. The molecule has 4 aromatic rings. The average molecular weight is 735 g/mol. The molecule has 4 aromatic carbocycles. The summed E-state index contributed by atoms with van der Waals surface area (Å²) in [7, 11) is 1.49. The number of halogens is 2. The number of carbonyl (C=O) groups is 3. The Labute approximate surface area is 316 Å². The molecule has 54 heavy (non-hydrogen) atoms. The van der Waals surface area contributed by atoms with E-state index in [1.165, 1.54) is 18.0 Å². The fraction of sp³-hybridized carbons (Fsp3) is 0.349. The predicted molar refractivity (Wildman–Crippen MR) is 205 cm³/mol. The number of carbonyl (C=O) groups excluding carboxylic acids is 3. The average Bonchev–Trinajstić information content (AvgIpc) is 3.65. The van der Waals surface area contributed by atoms with Crippen molar-refractivity contribution in [3.05, 3.63) is 131 Å². The summed E-state index contributed by atoms with van der Waals surface area (Å²) in [4.78, 5) is 47.2. The lowest BCUT2D eigenvalue weighted by Crippen LogP contribution is -2.56. The molecule has 1 aliphatic heterocycles. The minimum absolute atomic E-state index is 0.0232. The summed E-state index contributed by atoms with van der Waals surface area (Å²) in [6, 6.07) is 24.7. The molecule has 3 N–H and O–H groups in total. The summed E-state index contributed by atoms with van der Waals surface area (Å²) in [6.45, 7) is 6.08. The third-order valence-corrected chi connectivity index (χ3v) is 10.3. The molecule has 0 radical (unpaired) electrons. The number of nitriles is 1. The van der Waals surface area contributed by atoms with E-state index in [4.69, 9.17) is 5.73 Å². The molecule has 2 unspecified atom stereocenters. The van der Waals surface area contributed by atoms with Gasteiger partial charge in [-0.25, -0.2) is 13.7 Å². The van der Waals surface area contributed by atoms with E-state index in [0.717, 1.165) is 59.7 Å². The number of likely N-dealkylation sites (N-methyl/N-ethyl adjacent to an activating group) is 1. The predicted octanol–water partition coefficient (Wildman–Crippen LogP) is 6.25. The number of nitrogens with zero attached hydrogens (tertiary/aromatic N) is 4. The lowest BCUT2D eigenvalue weighted by Gasteiger charge is -2.33. The van der Waals surface area contributed by atoms with Gasteiger partial charge in [0.15, 0.2) is 17.8 Å². The van der Waals surface area contributed by atoms with E-state index in [9.17, 15) is 28.4 Å². The van der Waals surface area contributed by atoms with Crippen molar-refractivity contribution in [3.63, 3.8) is 0 Å². The highest BCUT2D eigenvalue weighted by Gasteiger charge is 2.38. The van der Waals surface area contributed by atoms with Crippen molar-refractivity contribution in [2.75, 3.05) is 26.7 Å². The van der Waals surface area contributed by atoms with Crippen LogP contribution in [0.2, 0.25) is 0 Å². The Bertz CT molecular complexity index is 1950. The number of rotatable bonds is 15. The highest BCUT2D eigenvalue weighted by Crippen LogP contribution is 2.24. The molecule has 1 heterocycles. The number of likely N-dealkylation sites (tertiary alicyclic amines) is 1. The molecular formula is C43H48F2N6O3. The van der Waals surface area contributed by atoms with Crippen molar-refractivity contribution in [2.45, 2.75) is 70.1 Å². The highest BCUT2D eigenvalue weighted by atomic mass is 19.2. The first kappa shape index (κ1) is 39.8. The molecule has 11 heteroatoms. The number of hydrogen-bond donors (Lipinski definition) is 2. The molecule has 0 aliphatic carbocycles. The summed E-state index contributed by atoms with van der Waals surface area (Å²) in [5.41, 5.74) is 10.0. The zero-order valence-corrected chi connectivity index (χ0v) is 31.1. The molecule has 0 saturated carbocycles. The number of nitrogens with one attached hydrogen (secondary N) is 1. The molecule has 0 aromatic heterocycles. The smallest absolute Gasteiger partial charge is 0.259 e. The lowest BCUT2D eigenvalue weighted by molar-refractivity contribution is -0.140. The van der Waals surface area contributed by atoms with Gasteiger partial charge in [0.2, 0.25) is 5.91 Å². The molecule has 0 bridgehead atoms. The minimum atomic E-state index is -1.41. The standard InChI is InChI=1S/C43H48F2N6O3/c1-4-50-23-9-14-36(50)21-22-48-41(52)39(26-31-17-20-37(44)38(45)24-31)51(28-46)43(54)40(49(3)42(53)35-13-8-12-34(27-35)29(2)47)25-30-15-18-33(19-16-30)32-10-6-5-7-11-32/h5-8,10-13,15-20,24,27,29,36,39-40H,4,9,14,21-23,25-26,47H2,1-3H3,(H,48,52)/t29?,36?,39-,40-/m1/s1. The van der Waals surface area contributed by atoms with E-state index in [-0.39, 0.29) is 24.4 Å². The van der Waals surface area contributed by atoms with Crippen LogP contribution in [0.3, 0.4) is 0 Å². The van der Waals surface area contributed by atoms with Crippen molar-refractivity contribution < 1.29 is 23.2 Å². The van der Waals surface area contributed by atoms with Gasteiger partial charge >= 0.3 is 0 Å². The van der Waals surface area contributed by atoms with Gasteiger partial charge in [-0.05, 0) is 91.4 Å². The van der Waals surface area contributed by atoms with Gasteiger partial charge in [-0.15, -0.1) is 0 Å². The molecular weight excluding hydrogens is 687 g/mol. The van der Waals surface area contributed by atoms with E-state index in [1.54, 1.807) is 25.1 Å². The summed E-state index contributed by atoms with van der Waals surface area (Å²) in [5.74, 6) is -4.05. The van der Waals surface area contributed by atoms with Crippen LogP contribution in [0.5, 0.6) is 0 Å². The van der Waals surface area contributed by atoms with Gasteiger partial charge in [-0.3, -0.25) is 14.4 Å². The fourth-order valence-electron chi connectivity index (χ4n) is 7.12. The number of benzene rings is 4. The van der Waals surface area contributed by atoms with Crippen LogP contribution in [0.15, 0.2) is 97.1 Å². The SMILES string of the molecule is CCN1CCCC1CCNC(=O)[C@@H](Cc1ccc(F)c(F)c1)N(C#N)C(=O)[C@@H](Cc1ccc(-c2ccccc2)cc1)N(C)C(=O)c1cccc(C(C)N)c1. The minimum Gasteiger partial charge on any atom is -0.354 e. The maximum absolute atomic E-state index is 14.7. The quantitative estimate of drug-likeness (QED) is 0.110. The number of amides is 3. The summed E-state index contributed by atoms with van der Waals surface area (Å²) in [6.07, 6.45) is 4.44. The Hall–Kier alpha value is -5.44. The van der Waals surface area contributed by atoms with E-state index in [2.05, 4.69) is 17.1 Å². The van der Waals surface area contributed by atoms with Crippen LogP contribution in [0, 0.1) is 23.1 Å². The third kappa shape index (κ3) is 9.75. The van der Waals surface area contributed by atoms with E-state index < -0.39 is 41.4 Å². The fourth-order valence-corrected chi connectivity index (χ4v) is 7.12. The van der Waals surface area contributed by atoms with Crippen LogP contribution in [0.25, 0.3) is 11.1 Å². The third-order valence-electron chi connectivity index (χ3n) is 10.3. The van der Waals surface area contributed by atoms with Gasteiger partial charge < -0.3 is 20.9 Å². The Balaban J connectivity index is 1.47. The largest absolute Gasteiger partial charge is 0.354 e. The topological polar surface area (TPSA) is 123 Å². The molecule has 4 atom stereocenters. The van der Waals surface area contributed by atoms with Gasteiger partial charge in [0.25, 0.3) is 11.8 Å². The Morgan fingerprint density at radius 2 is 1.59 bits per heavy atom. The highest BCUT2D eigenvalue weighted by molar-refractivity contribution is 5.99. The zero-order chi connectivity index (χ0) is 38.8. The summed E-state index contributed by atoms with van der Waals surface area (Å²) < 4.78 is 28.3. The molecule has 0 spiro atoms. The number of hydrogen-bond acceptors (Lipinski definition) is 6. The van der Waals surface area contributed by atoms with Crippen LogP contribution >= 0.6 is 0 Å². The van der Waals surface area contributed by atoms with E-state index in [0.29, 0.717) is 30.1 Å². The van der Waals surface area contributed by atoms with E-state index >= 15 is 0 Å². The van der Waals surface area contributed by atoms with Crippen molar-refractivity contribution >= 4 is 17.7 Å². The first-order valence-electron chi connectivity index (χ1n) is 18.5. The van der Waals surface area contributed by atoms with Crippen molar-refractivity contribution in [3.8, 4) is 17.3 Å². The number of nitrogens with two attached hydrogens (primary N) is 1. The van der Waals surface area contributed by atoms with Crippen molar-refractivity contribution in [1.29, 1.82) is 5.26 Å². The van der Waals surface area contributed by atoms with Gasteiger partial charge in [-0.2, -0.15) is 5.26 Å². The van der Waals surface area contributed by atoms with Crippen LogP contribution in [0.4, 0.5) is 8.78 Å². The Morgan fingerprint density at radius 3 is 2.26 bits per heavy atom. The van der Waals surface area contributed by atoms with Crippen LogP contribution < -0.4 is 11.1 Å². The molecule has 3 amide bonds. The van der Waals surface area contributed by atoms with Gasteiger partial charge in [-0.1, -0.05) is 79.7 Å². The first-order valence-corrected chi connectivity index (χ1v) is 18.5. The van der Waals surface area contributed by atoms with Crippen molar-refractivity contribution in [1.82, 2.24) is 20.0 Å². The maximum atomic E-state index is 14.7. The molecule has 282 valence electrons. The Kier molecular flexibility index (Phi) is 13.7. The Morgan fingerprint density at radius 1 is 0.907 bits per heavy atom. The summed E-state index contributed by atoms with van der Waals surface area (Å²) in [5, 5.41) is 13.5. The van der Waals surface area contributed by atoms with Crippen LogP contribution in [0.1, 0.15) is 66.2 Å². The van der Waals surface area contributed by atoms with E-state index in [1.807, 2.05) is 66.9 Å². The zero-order valence-electron chi connectivity index (χ0n) is 31.1. The first-order chi connectivity index (χ1) is 26.0. The molecule has 9 nitrogen and oxygen atoms in total. The lowest BCUT2D eigenvalue weighted by atomic mass is 9.97. The monoisotopic (exact) mass is 734 g/mol. The molecule has 1 saturated heterocycles. The summed E-state index contributed by atoms with van der Waals surface area (Å²) >= 11 is 0. The van der Waals surface area contributed by atoms with Gasteiger partial charge in [0.1, 0.15) is 12.1 Å². The van der Waals surface area contributed by atoms with Crippen LogP contribution in [-0.2, 0) is 22.4 Å². The maximum Gasteiger partial charge on any atom is 0.259 e. The van der Waals surface area contributed by atoms with Gasteiger partial charge in [0.05, 0.1) is 0 Å². The van der Waals surface area contributed by atoms with Crippen molar-refractivity contribution in [2.24, 2.45) is 5.73 Å². The van der Waals surface area contributed by atoms with Crippen LogP contribution in [-0.4, -0.2) is 77.2 Å². The normalized spacial score (nSPS) is 15.8. The molecule has 1 aliphatic rings. The van der Waals surface area contributed by atoms with Gasteiger partial charge in [0, 0.05) is 44.1 Å². The second-order valence-electron chi connectivity index (χ2n) is 13.9. The molecule has 1 fully saturated rings.